The topological polar surface area (TPSA) is 105 Å². The second-order valence-corrected chi connectivity index (χ2v) is 8.55. The third-order valence-electron chi connectivity index (χ3n) is 4.54. The molecule has 0 radical (unpaired) electrons. The third-order valence-corrected chi connectivity index (χ3v) is 5.10. The molecule has 1 amide bonds. The van der Waals surface area contributed by atoms with Gasteiger partial charge in [-0.05, 0) is 30.7 Å². The summed E-state index contributed by atoms with van der Waals surface area (Å²) in [6.07, 6.45) is 8.32. The lowest BCUT2D eigenvalue weighted by Crippen LogP contribution is -2.29. The van der Waals surface area contributed by atoms with E-state index in [1.165, 1.54) is 37.9 Å². The van der Waals surface area contributed by atoms with Gasteiger partial charge in [0, 0.05) is 6.42 Å². The highest BCUT2D eigenvalue weighted by Crippen LogP contribution is 2.30. The van der Waals surface area contributed by atoms with Crippen LogP contribution in [0.15, 0.2) is 12.3 Å². The Labute approximate surface area is 141 Å². The van der Waals surface area contributed by atoms with Gasteiger partial charge >= 0.3 is 0 Å². The van der Waals surface area contributed by atoms with Crippen molar-refractivity contribution < 1.29 is 13.2 Å². The van der Waals surface area contributed by atoms with Gasteiger partial charge in [0.1, 0.15) is 11.5 Å². The van der Waals surface area contributed by atoms with Gasteiger partial charge in [-0.2, -0.15) is 0 Å². The van der Waals surface area contributed by atoms with E-state index in [2.05, 4.69) is 21.9 Å². The molecule has 24 heavy (non-hydrogen) atoms. The quantitative estimate of drug-likeness (QED) is 0.877. The Hall–Kier alpha value is -1.96. The molecule has 0 aliphatic heterocycles. The molecule has 1 saturated carbocycles. The molecule has 0 bridgehead atoms. The van der Waals surface area contributed by atoms with E-state index in [1.807, 2.05) is 4.72 Å². The summed E-state index contributed by atoms with van der Waals surface area (Å²) in [6, 6.07) is 1.51. The highest BCUT2D eigenvalue weighted by Gasteiger charge is 2.20. The summed E-state index contributed by atoms with van der Waals surface area (Å²) in [6.45, 7) is 2.30. The Bertz CT molecular complexity index is 851. The fraction of sp³-hybridized carbons (Fsp3) is 0.562. The van der Waals surface area contributed by atoms with Gasteiger partial charge in [-0.15, -0.1) is 0 Å². The number of aromatic nitrogens is 3. The molecule has 0 saturated heterocycles. The van der Waals surface area contributed by atoms with Crippen molar-refractivity contribution in [2.24, 2.45) is 11.8 Å². The molecule has 8 heteroatoms. The van der Waals surface area contributed by atoms with Crippen molar-refractivity contribution >= 4 is 27.0 Å². The molecule has 130 valence electrons. The van der Waals surface area contributed by atoms with Crippen molar-refractivity contribution in [1.82, 2.24) is 19.7 Å². The number of imidazole rings is 1. The second kappa shape index (κ2) is 6.51. The van der Waals surface area contributed by atoms with Crippen molar-refractivity contribution in [1.29, 1.82) is 0 Å². The highest BCUT2D eigenvalue weighted by molar-refractivity contribution is 7.89. The molecule has 1 aliphatic carbocycles. The first kappa shape index (κ1) is 16.9. The minimum atomic E-state index is -3.61. The Morgan fingerprint density at radius 3 is 2.71 bits per heavy atom. The molecule has 3 rings (SSSR count). The van der Waals surface area contributed by atoms with Crippen LogP contribution in [0.25, 0.3) is 11.0 Å². The van der Waals surface area contributed by atoms with Crippen LogP contribution < -0.4 is 4.72 Å². The fourth-order valence-corrected chi connectivity index (χ4v) is 3.65. The number of nitrogens with zero attached hydrogens (tertiary/aromatic N) is 2. The van der Waals surface area contributed by atoms with Gasteiger partial charge < -0.3 is 4.98 Å². The summed E-state index contributed by atoms with van der Waals surface area (Å²) in [5.41, 5.74) is 1.42. The van der Waals surface area contributed by atoms with Crippen LogP contribution in [0.4, 0.5) is 0 Å². The van der Waals surface area contributed by atoms with Gasteiger partial charge in [0.2, 0.25) is 10.0 Å². The number of amides is 1. The number of rotatable bonds is 4. The van der Waals surface area contributed by atoms with Gasteiger partial charge in [-0.3, -0.25) is 4.79 Å². The molecule has 2 aromatic heterocycles. The largest absolute Gasteiger partial charge is 0.341 e. The number of carbonyl (C=O) groups excluding carboxylic acids is 1. The van der Waals surface area contributed by atoms with E-state index in [4.69, 9.17) is 0 Å². The molecular formula is C16H22N4O3S. The predicted octanol–water partition coefficient (Wildman–Crippen LogP) is 2.02. The average Bonchev–Trinajstić information content (AvgIpc) is 2.89. The molecular weight excluding hydrogens is 328 g/mol. The average molecular weight is 350 g/mol. The lowest BCUT2D eigenvalue weighted by atomic mass is 9.81. The van der Waals surface area contributed by atoms with E-state index in [1.54, 1.807) is 0 Å². The van der Waals surface area contributed by atoms with Crippen LogP contribution in [0.2, 0.25) is 0 Å². The SMILES string of the molecule is CC1CCC(Cc2nc3cc(C(=O)NS(C)(=O)=O)ncc3[nH]2)CC1. The summed E-state index contributed by atoms with van der Waals surface area (Å²) in [4.78, 5) is 23.7. The van der Waals surface area contributed by atoms with Crippen LogP contribution in [0.1, 0.15) is 48.9 Å². The van der Waals surface area contributed by atoms with Crippen molar-refractivity contribution in [3.05, 3.63) is 23.8 Å². The van der Waals surface area contributed by atoms with Gasteiger partial charge in [-0.25, -0.2) is 23.1 Å². The Balaban J connectivity index is 1.75. The molecule has 1 aliphatic rings. The number of aromatic amines is 1. The summed E-state index contributed by atoms with van der Waals surface area (Å²) in [5.74, 6) is 1.61. The van der Waals surface area contributed by atoms with E-state index in [0.29, 0.717) is 11.4 Å². The molecule has 1 fully saturated rings. The van der Waals surface area contributed by atoms with Crippen LogP contribution >= 0.6 is 0 Å². The van der Waals surface area contributed by atoms with Gasteiger partial charge in [0.15, 0.2) is 0 Å². The smallest absolute Gasteiger partial charge is 0.283 e. The summed E-state index contributed by atoms with van der Waals surface area (Å²) in [5, 5.41) is 0. The van der Waals surface area contributed by atoms with Gasteiger partial charge in [0.25, 0.3) is 5.91 Å². The number of sulfonamides is 1. The van der Waals surface area contributed by atoms with E-state index >= 15 is 0 Å². The fourth-order valence-electron chi connectivity index (χ4n) is 3.21. The van der Waals surface area contributed by atoms with E-state index < -0.39 is 15.9 Å². The number of carbonyl (C=O) groups is 1. The second-order valence-electron chi connectivity index (χ2n) is 6.80. The Morgan fingerprint density at radius 1 is 1.33 bits per heavy atom. The van der Waals surface area contributed by atoms with Crippen molar-refractivity contribution in [3.8, 4) is 0 Å². The number of fused-ring (bicyclic) bond motifs is 1. The van der Waals surface area contributed by atoms with Crippen LogP contribution in [0.5, 0.6) is 0 Å². The lowest BCUT2D eigenvalue weighted by molar-refractivity contribution is 0.0977. The zero-order chi connectivity index (χ0) is 17.3. The minimum Gasteiger partial charge on any atom is -0.341 e. The monoisotopic (exact) mass is 350 g/mol. The number of hydrogen-bond acceptors (Lipinski definition) is 5. The zero-order valence-corrected chi connectivity index (χ0v) is 14.7. The Kier molecular flexibility index (Phi) is 4.58. The summed E-state index contributed by atoms with van der Waals surface area (Å²) >= 11 is 0. The van der Waals surface area contributed by atoms with Gasteiger partial charge in [-0.1, -0.05) is 19.8 Å². The molecule has 0 spiro atoms. The molecule has 2 N–H and O–H groups in total. The normalized spacial score (nSPS) is 21.8. The molecule has 0 unspecified atom stereocenters. The van der Waals surface area contributed by atoms with Crippen LogP contribution in [-0.4, -0.2) is 35.5 Å². The number of H-pyrrole nitrogens is 1. The molecule has 7 nitrogen and oxygen atoms in total. The minimum absolute atomic E-state index is 0.0393. The predicted molar refractivity (Wildman–Crippen MR) is 91.0 cm³/mol. The summed E-state index contributed by atoms with van der Waals surface area (Å²) < 4.78 is 24.2. The maximum absolute atomic E-state index is 11.9. The molecule has 2 heterocycles. The zero-order valence-electron chi connectivity index (χ0n) is 13.9. The third kappa shape index (κ3) is 4.11. The number of hydrogen-bond donors (Lipinski definition) is 2. The number of nitrogens with one attached hydrogen (secondary N) is 2. The van der Waals surface area contributed by atoms with Gasteiger partial charge in [0.05, 0.1) is 23.5 Å². The van der Waals surface area contributed by atoms with Crippen LogP contribution in [0.3, 0.4) is 0 Å². The van der Waals surface area contributed by atoms with Crippen molar-refractivity contribution in [3.63, 3.8) is 0 Å². The van der Waals surface area contributed by atoms with E-state index in [-0.39, 0.29) is 5.69 Å². The lowest BCUT2D eigenvalue weighted by Gasteiger charge is -2.25. The summed E-state index contributed by atoms with van der Waals surface area (Å²) in [7, 11) is -3.61. The van der Waals surface area contributed by atoms with E-state index in [9.17, 15) is 13.2 Å². The molecule has 2 aromatic rings. The Morgan fingerprint density at radius 2 is 2.04 bits per heavy atom. The molecule has 0 aromatic carbocycles. The maximum Gasteiger partial charge on any atom is 0.283 e. The highest BCUT2D eigenvalue weighted by atomic mass is 32.2. The number of pyridine rings is 1. The van der Waals surface area contributed by atoms with E-state index in [0.717, 1.165) is 29.9 Å². The first-order valence-electron chi connectivity index (χ1n) is 8.17. The van der Waals surface area contributed by atoms with Crippen LogP contribution in [-0.2, 0) is 16.4 Å². The van der Waals surface area contributed by atoms with Crippen molar-refractivity contribution in [2.45, 2.75) is 39.0 Å². The first-order valence-corrected chi connectivity index (χ1v) is 10.1. The molecule has 0 atom stereocenters. The standard InChI is InChI=1S/C16H22N4O3S/c1-10-3-5-11(6-4-10)7-15-18-12-8-13(17-9-14(12)19-15)16(21)20-24(2,22)23/h8-11H,3-7H2,1-2H3,(H,18,19)(H,20,21). The van der Waals surface area contributed by atoms with Crippen molar-refractivity contribution in [2.75, 3.05) is 6.26 Å². The first-order chi connectivity index (χ1) is 11.3. The van der Waals surface area contributed by atoms with Crippen LogP contribution in [0, 0.1) is 11.8 Å². The maximum atomic E-state index is 11.9.